The molecule has 1 fully saturated rings. The van der Waals surface area contributed by atoms with E-state index >= 15 is 0 Å². The summed E-state index contributed by atoms with van der Waals surface area (Å²) in [5.74, 6) is 1.32. The van der Waals surface area contributed by atoms with E-state index in [2.05, 4.69) is 39.5 Å². The van der Waals surface area contributed by atoms with Crippen molar-refractivity contribution >= 4 is 5.78 Å². The second kappa shape index (κ2) is 7.42. The number of carbonyl (C=O) groups excluding carboxylic acids is 1. The first kappa shape index (κ1) is 16.7. The van der Waals surface area contributed by atoms with Crippen LogP contribution in [0.2, 0.25) is 0 Å². The highest BCUT2D eigenvalue weighted by atomic mass is 16.1. The number of hydrogen-bond donors (Lipinski definition) is 0. The van der Waals surface area contributed by atoms with Crippen molar-refractivity contribution in [2.45, 2.75) is 66.7 Å². The van der Waals surface area contributed by atoms with Crippen molar-refractivity contribution in [1.82, 2.24) is 4.90 Å². The molecule has 0 aliphatic carbocycles. The molecule has 1 saturated heterocycles. The molecule has 0 atom stereocenters. The fourth-order valence-electron chi connectivity index (χ4n) is 3.23. The smallest absolute Gasteiger partial charge is 0.139 e. The van der Waals surface area contributed by atoms with Crippen molar-refractivity contribution in [3.05, 3.63) is 0 Å². The zero-order valence-corrected chi connectivity index (χ0v) is 13.7. The summed E-state index contributed by atoms with van der Waals surface area (Å²) in [6.45, 7) is 14.5. The third-order valence-corrected chi connectivity index (χ3v) is 5.33. The Kier molecular flexibility index (Phi) is 6.52. The number of Topliss-reactive ketones (excluding diaryl/α,β-unsaturated/α-hetero) is 1. The van der Waals surface area contributed by atoms with Crippen LogP contribution < -0.4 is 0 Å². The van der Waals surface area contributed by atoms with Gasteiger partial charge in [0.1, 0.15) is 5.78 Å². The van der Waals surface area contributed by atoms with Gasteiger partial charge in [-0.1, -0.05) is 41.0 Å². The first-order valence-electron chi connectivity index (χ1n) is 8.14. The molecule has 19 heavy (non-hydrogen) atoms. The minimum atomic E-state index is -0.151. The second-order valence-electron chi connectivity index (χ2n) is 7.02. The summed E-state index contributed by atoms with van der Waals surface area (Å²) in [7, 11) is 0. The summed E-state index contributed by atoms with van der Waals surface area (Å²) >= 11 is 0. The highest BCUT2D eigenvalue weighted by Gasteiger charge is 2.38. The molecule has 0 aromatic carbocycles. The van der Waals surface area contributed by atoms with E-state index < -0.39 is 0 Å². The van der Waals surface area contributed by atoms with Gasteiger partial charge < -0.3 is 4.90 Å². The molecule has 2 nitrogen and oxygen atoms in total. The molecule has 0 bridgehead atoms. The van der Waals surface area contributed by atoms with Gasteiger partial charge >= 0.3 is 0 Å². The zero-order valence-electron chi connectivity index (χ0n) is 13.7. The number of rotatable bonds is 7. The molecule has 1 aliphatic rings. The largest absolute Gasteiger partial charge is 0.303 e. The average Bonchev–Trinajstić information content (AvgIpc) is 2.38. The number of piperidine rings is 1. The Labute approximate surface area is 119 Å². The molecule has 0 amide bonds. The van der Waals surface area contributed by atoms with Crippen LogP contribution in [-0.2, 0) is 4.79 Å². The van der Waals surface area contributed by atoms with Gasteiger partial charge in [0.15, 0.2) is 0 Å². The van der Waals surface area contributed by atoms with E-state index in [1.54, 1.807) is 0 Å². The Bertz CT molecular complexity index is 269. The summed E-state index contributed by atoms with van der Waals surface area (Å²) in [5.41, 5.74) is -0.151. The minimum Gasteiger partial charge on any atom is -0.303 e. The van der Waals surface area contributed by atoms with Crippen molar-refractivity contribution in [3.63, 3.8) is 0 Å². The number of ketones is 1. The fourth-order valence-corrected chi connectivity index (χ4v) is 3.23. The monoisotopic (exact) mass is 267 g/mol. The number of hydrogen-bond acceptors (Lipinski definition) is 2. The molecule has 0 aromatic rings. The summed E-state index contributed by atoms with van der Waals surface area (Å²) in [5, 5.41) is 0. The van der Waals surface area contributed by atoms with Crippen LogP contribution in [-0.4, -0.2) is 30.3 Å². The number of likely N-dealkylation sites (tertiary alicyclic amines) is 1. The van der Waals surface area contributed by atoms with Gasteiger partial charge in [-0.15, -0.1) is 0 Å². The standard InChI is InChI=1S/C17H33NO/c1-14(2)17(5,15(3)4)16(19)10-9-13-18-11-7-6-8-12-18/h14-15H,6-13H2,1-5H3. The Morgan fingerprint density at radius 2 is 1.58 bits per heavy atom. The number of nitrogens with zero attached hydrogens (tertiary/aromatic N) is 1. The Hall–Kier alpha value is -0.370. The zero-order chi connectivity index (χ0) is 14.5. The summed E-state index contributed by atoms with van der Waals surface area (Å²) in [4.78, 5) is 15.1. The maximum absolute atomic E-state index is 12.6. The third kappa shape index (κ3) is 4.30. The van der Waals surface area contributed by atoms with E-state index in [9.17, 15) is 4.79 Å². The number of carbonyl (C=O) groups is 1. The first-order valence-corrected chi connectivity index (χ1v) is 8.14. The van der Waals surface area contributed by atoms with Crippen LogP contribution in [0.15, 0.2) is 0 Å². The highest BCUT2D eigenvalue weighted by molar-refractivity contribution is 5.84. The lowest BCUT2D eigenvalue weighted by Gasteiger charge is -2.36. The van der Waals surface area contributed by atoms with E-state index in [4.69, 9.17) is 0 Å². The molecule has 0 saturated carbocycles. The third-order valence-electron chi connectivity index (χ3n) is 5.33. The van der Waals surface area contributed by atoms with Gasteiger partial charge in [0, 0.05) is 11.8 Å². The quantitative estimate of drug-likeness (QED) is 0.691. The summed E-state index contributed by atoms with van der Waals surface area (Å²) < 4.78 is 0. The first-order chi connectivity index (χ1) is 8.89. The average molecular weight is 267 g/mol. The lowest BCUT2D eigenvalue weighted by molar-refractivity contribution is -0.133. The second-order valence-corrected chi connectivity index (χ2v) is 7.02. The lowest BCUT2D eigenvalue weighted by Crippen LogP contribution is -2.39. The predicted molar refractivity (Wildman–Crippen MR) is 82.3 cm³/mol. The molecule has 0 aromatic heterocycles. The van der Waals surface area contributed by atoms with Crippen LogP contribution in [0.3, 0.4) is 0 Å². The molecular formula is C17H33NO. The van der Waals surface area contributed by atoms with Gasteiger partial charge in [-0.25, -0.2) is 0 Å². The fraction of sp³-hybridized carbons (Fsp3) is 0.941. The molecule has 0 spiro atoms. The van der Waals surface area contributed by atoms with Crippen LogP contribution in [0.4, 0.5) is 0 Å². The topological polar surface area (TPSA) is 20.3 Å². The van der Waals surface area contributed by atoms with Crippen molar-refractivity contribution in [1.29, 1.82) is 0 Å². The van der Waals surface area contributed by atoms with Crippen LogP contribution in [0.5, 0.6) is 0 Å². The minimum absolute atomic E-state index is 0.151. The Morgan fingerprint density at radius 1 is 1.05 bits per heavy atom. The molecule has 1 heterocycles. The van der Waals surface area contributed by atoms with Crippen LogP contribution in [0.25, 0.3) is 0 Å². The predicted octanol–water partition coefficient (Wildman–Crippen LogP) is 4.14. The van der Waals surface area contributed by atoms with Gasteiger partial charge in [0.05, 0.1) is 0 Å². The van der Waals surface area contributed by atoms with Crippen LogP contribution >= 0.6 is 0 Å². The van der Waals surface area contributed by atoms with E-state index in [0.717, 1.165) is 19.4 Å². The van der Waals surface area contributed by atoms with Crippen molar-refractivity contribution in [2.75, 3.05) is 19.6 Å². The van der Waals surface area contributed by atoms with Crippen molar-refractivity contribution in [3.8, 4) is 0 Å². The van der Waals surface area contributed by atoms with Gasteiger partial charge in [-0.3, -0.25) is 4.79 Å². The van der Waals surface area contributed by atoms with E-state index in [-0.39, 0.29) is 5.41 Å². The summed E-state index contributed by atoms with van der Waals surface area (Å²) in [6, 6.07) is 0. The SMILES string of the molecule is CC(C)C(C)(C(=O)CCCN1CCCCC1)C(C)C. The summed E-state index contributed by atoms with van der Waals surface area (Å²) in [6.07, 6.45) is 5.85. The van der Waals surface area contributed by atoms with Crippen molar-refractivity contribution in [2.24, 2.45) is 17.3 Å². The van der Waals surface area contributed by atoms with E-state index in [0.29, 0.717) is 17.6 Å². The Morgan fingerprint density at radius 3 is 2.05 bits per heavy atom. The molecule has 0 radical (unpaired) electrons. The highest BCUT2D eigenvalue weighted by Crippen LogP contribution is 2.37. The normalized spacial score (nSPS) is 18.3. The maximum Gasteiger partial charge on any atom is 0.139 e. The molecule has 0 unspecified atom stereocenters. The van der Waals surface area contributed by atoms with Gasteiger partial charge in [0.25, 0.3) is 0 Å². The molecular weight excluding hydrogens is 234 g/mol. The lowest BCUT2D eigenvalue weighted by atomic mass is 9.67. The molecule has 112 valence electrons. The molecule has 2 heteroatoms. The van der Waals surface area contributed by atoms with Gasteiger partial charge in [0.2, 0.25) is 0 Å². The van der Waals surface area contributed by atoms with Gasteiger partial charge in [-0.2, -0.15) is 0 Å². The molecule has 1 rings (SSSR count). The molecule has 1 aliphatic heterocycles. The van der Waals surface area contributed by atoms with E-state index in [1.807, 2.05) is 0 Å². The molecule has 0 N–H and O–H groups in total. The van der Waals surface area contributed by atoms with Crippen molar-refractivity contribution < 1.29 is 4.79 Å². The maximum atomic E-state index is 12.6. The van der Waals surface area contributed by atoms with Crippen LogP contribution in [0.1, 0.15) is 66.7 Å². The van der Waals surface area contributed by atoms with Gasteiger partial charge in [-0.05, 0) is 50.7 Å². The van der Waals surface area contributed by atoms with E-state index in [1.165, 1.54) is 32.4 Å². The van der Waals surface area contributed by atoms with Crippen LogP contribution in [0, 0.1) is 17.3 Å². The Balaban J connectivity index is 2.40.